The smallest absolute Gasteiger partial charge is 0.317 e. The van der Waals surface area contributed by atoms with Crippen molar-refractivity contribution in [2.45, 2.75) is 25.8 Å². The molecule has 1 aromatic rings. The van der Waals surface area contributed by atoms with Crippen LogP contribution in [0.25, 0.3) is 0 Å². The molecule has 2 rings (SSSR count). The van der Waals surface area contributed by atoms with Crippen LogP contribution in [0.2, 0.25) is 0 Å². The molecule has 1 unspecified atom stereocenters. The summed E-state index contributed by atoms with van der Waals surface area (Å²) in [5.74, 6) is 0.451. The van der Waals surface area contributed by atoms with Crippen LogP contribution in [0, 0.1) is 5.92 Å². The summed E-state index contributed by atoms with van der Waals surface area (Å²) in [4.78, 5) is 20.4. The van der Waals surface area contributed by atoms with Crippen LogP contribution in [-0.4, -0.2) is 65.8 Å². The topological polar surface area (TPSA) is 68.7 Å². The third-order valence-corrected chi connectivity index (χ3v) is 4.74. The van der Waals surface area contributed by atoms with E-state index in [4.69, 9.17) is 5.11 Å². The van der Waals surface area contributed by atoms with Crippen molar-refractivity contribution in [2.75, 3.05) is 39.8 Å². The number of piperidine rings is 1. The van der Waals surface area contributed by atoms with Gasteiger partial charge in [0.1, 0.15) is 0 Å². The fourth-order valence-corrected chi connectivity index (χ4v) is 2.86. The van der Waals surface area contributed by atoms with E-state index >= 15 is 0 Å². The summed E-state index contributed by atoms with van der Waals surface area (Å²) in [6, 6.07) is 3.79. The number of aliphatic hydroxyl groups excluding tert-OH is 1. The number of nitrogens with zero attached hydrogens (tertiary/aromatic N) is 3. The summed E-state index contributed by atoms with van der Waals surface area (Å²) in [5, 5.41) is 12.1. The van der Waals surface area contributed by atoms with E-state index < -0.39 is 0 Å². The maximum atomic E-state index is 12.2. The SMILES string of the molecule is CC(c1cccnc1)N(C)C(=O)NCCN1CCC(CO)CC1. The molecule has 6 heteroatoms. The Balaban J connectivity index is 1.70. The molecule has 1 aromatic heterocycles. The molecule has 23 heavy (non-hydrogen) atoms. The Morgan fingerprint density at radius 3 is 2.87 bits per heavy atom. The van der Waals surface area contributed by atoms with Crippen LogP contribution in [0.15, 0.2) is 24.5 Å². The van der Waals surface area contributed by atoms with Gasteiger partial charge in [0.05, 0.1) is 6.04 Å². The Kier molecular flexibility index (Phi) is 6.80. The van der Waals surface area contributed by atoms with E-state index in [0.29, 0.717) is 19.1 Å². The van der Waals surface area contributed by atoms with Gasteiger partial charge in [0.25, 0.3) is 0 Å². The number of hydrogen-bond acceptors (Lipinski definition) is 4. The van der Waals surface area contributed by atoms with Crippen molar-refractivity contribution >= 4 is 6.03 Å². The molecule has 0 aromatic carbocycles. The number of likely N-dealkylation sites (tertiary alicyclic amines) is 1. The molecule has 1 aliphatic rings. The van der Waals surface area contributed by atoms with Crippen molar-refractivity contribution in [1.82, 2.24) is 20.1 Å². The molecule has 1 atom stereocenters. The second kappa shape index (κ2) is 8.84. The normalized spacial score (nSPS) is 17.7. The highest BCUT2D eigenvalue weighted by Crippen LogP contribution is 2.17. The lowest BCUT2D eigenvalue weighted by Crippen LogP contribution is -2.44. The van der Waals surface area contributed by atoms with Gasteiger partial charge in [-0.2, -0.15) is 0 Å². The Labute approximate surface area is 138 Å². The van der Waals surface area contributed by atoms with E-state index in [2.05, 4.69) is 15.2 Å². The van der Waals surface area contributed by atoms with Gasteiger partial charge in [-0.15, -0.1) is 0 Å². The van der Waals surface area contributed by atoms with Gasteiger partial charge in [0.2, 0.25) is 0 Å². The molecule has 2 heterocycles. The Morgan fingerprint density at radius 1 is 1.52 bits per heavy atom. The summed E-state index contributed by atoms with van der Waals surface area (Å²) in [5.41, 5.74) is 1.02. The number of nitrogens with one attached hydrogen (secondary N) is 1. The molecule has 128 valence electrons. The first-order chi connectivity index (χ1) is 11.1. The van der Waals surface area contributed by atoms with Gasteiger partial charge >= 0.3 is 6.03 Å². The Hall–Kier alpha value is -1.66. The molecule has 2 N–H and O–H groups in total. The van der Waals surface area contributed by atoms with Gasteiger partial charge in [-0.3, -0.25) is 4.98 Å². The number of carbonyl (C=O) groups excluding carboxylic acids is 1. The Morgan fingerprint density at radius 2 is 2.26 bits per heavy atom. The summed E-state index contributed by atoms with van der Waals surface area (Å²) in [7, 11) is 1.81. The van der Waals surface area contributed by atoms with E-state index in [-0.39, 0.29) is 12.1 Å². The van der Waals surface area contributed by atoms with Crippen LogP contribution in [0.3, 0.4) is 0 Å². The molecule has 1 saturated heterocycles. The third-order valence-electron chi connectivity index (χ3n) is 4.74. The predicted molar refractivity (Wildman–Crippen MR) is 90.1 cm³/mol. The van der Waals surface area contributed by atoms with Crippen molar-refractivity contribution in [3.8, 4) is 0 Å². The molecule has 6 nitrogen and oxygen atoms in total. The number of hydrogen-bond donors (Lipinski definition) is 2. The number of pyridine rings is 1. The minimum absolute atomic E-state index is 0.0102. The van der Waals surface area contributed by atoms with Crippen LogP contribution >= 0.6 is 0 Å². The first kappa shape index (κ1) is 17.7. The standard InChI is InChI=1S/C17H28N4O2/c1-14(16-4-3-7-18-12-16)20(2)17(23)19-8-11-21-9-5-15(13-22)6-10-21/h3-4,7,12,14-15,22H,5-6,8-11,13H2,1-2H3,(H,19,23). The molecule has 1 aliphatic heterocycles. The number of amides is 2. The highest BCUT2D eigenvalue weighted by Gasteiger charge is 2.19. The molecular weight excluding hydrogens is 292 g/mol. The lowest BCUT2D eigenvalue weighted by Gasteiger charge is -2.31. The van der Waals surface area contributed by atoms with Gasteiger partial charge in [-0.05, 0) is 50.4 Å². The molecule has 0 radical (unpaired) electrons. The number of aromatic nitrogens is 1. The molecule has 0 aliphatic carbocycles. The molecule has 0 saturated carbocycles. The second-order valence-electron chi connectivity index (χ2n) is 6.27. The first-order valence-electron chi connectivity index (χ1n) is 8.35. The molecule has 0 spiro atoms. The second-order valence-corrected chi connectivity index (χ2v) is 6.27. The molecule has 2 amide bonds. The minimum atomic E-state index is -0.0633. The van der Waals surface area contributed by atoms with Crippen LogP contribution in [0.5, 0.6) is 0 Å². The zero-order valence-electron chi connectivity index (χ0n) is 14.1. The third kappa shape index (κ3) is 5.18. The minimum Gasteiger partial charge on any atom is -0.396 e. The van der Waals surface area contributed by atoms with Crippen molar-refractivity contribution in [1.29, 1.82) is 0 Å². The van der Waals surface area contributed by atoms with E-state index in [1.165, 1.54) is 0 Å². The van der Waals surface area contributed by atoms with Gasteiger partial charge < -0.3 is 20.2 Å². The van der Waals surface area contributed by atoms with Crippen LogP contribution in [0.1, 0.15) is 31.4 Å². The fraction of sp³-hybridized carbons (Fsp3) is 0.647. The predicted octanol–water partition coefficient (Wildman–Crippen LogP) is 1.49. The van der Waals surface area contributed by atoms with Crippen LogP contribution in [-0.2, 0) is 0 Å². The largest absolute Gasteiger partial charge is 0.396 e. The van der Waals surface area contributed by atoms with Gasteiger partial charge in [0.15, 0.2) is 0 Å². The first-order valence-corrected chi connectivity index (χ1v) is 8.35. The average Bonchev–Trinajstić information content (AvgIpc) is 2.61. The summed E-state index contributed by atoms with van der Waals surface area (Å²) >= 11 is 0. The lowest BCUT2D eigenvalue weighted by molar-refractivity contribution is 0.131. The zero-order valence-corrected chi connectivity index (χ0v) is 14.1. The highest BCUT2D eigenvalue weighted by molar-refractivity contribution is 5.74. The van der Waals surface area contributed by atoms with E-state index in [1.807, 2.05) is 19.1 Å². The number of carbonyl (C=O) groups is 1. The highest BCUT2D eigenvalue weighted by atomic mass is 16.3. The summed E-state index contributed by atoms with van der Waals surface area (Å²) in [6.45, 7) is 5.80. The monoisotopic (exact) mass is 320 g/mol. The van der Waals surface area contributed by atoms with Crippen LogP contribution < -0.4 is 5.32 Å². The number of rotatable bonds is 6. The van der Waals surface area contributed by atoms with E-state index in [1.54, 1.807) is 24.3 Å². The van der Waals surface area contributed by atoms with Gasteiger partial charge in [0, 0.05) is 39.1 Å². The number of urea groups is 1. The van der Waals surface area contributed by atoms with E-state index in [0.717, 1.165) is 38.0 Å². The number of aliphatic hydroxyl groups is 1. The van der Waals surface area contributed by atoms with Crippen molar-refractivity contribution in [2.24, 2.45) is 5.92 Å². The lowest BCUT2D eigenvalue weighted by atomic mass is 9.98. The van der Waals surface area contributed by atoms with Crippen molar-refractivity contribution in [3.05, 3.63) is 30.1 Å². The van der Waals surface area contributed by atoms with Gasteiger partial charge in [-0.1, -0.05) is 6.07 Å². The van der Waals surface area contributed by atoms with Crippen LogP contribution in [0.4, 0.5) is 4.79 Å². The Bertz CT molecular complexity index is 475. The fourth-order valence-electron chi connectivity index (χ4n) is 2.86. The molecule has 1 fully saturated rings. The maximum absolute atomic E-state index is 12.2. The zero-order chi connectivity index (χ0) is 16.7. The van der Waals surface area contributed by atoms with Crippen molar-refractivity contribution < 1.29 is 9.90 Å². The summed E-state index contributed by atoms with van der Waals surface area (Å²) < 4.78 is 0. The molecular formula is C17H28N4O2. The van der Waals surface area contributed by atoms with Crippen molar-refractivity contribution in [3.63, 3.8) is 0 Å². The maximum Gasteiger partial charge on any atom is 0.317 e. The molecule has 0 bridgehead atoms. The van der Waals surface area contributed by atoms with Gasteiger partial charge in [-0.25, -0.2) is 4.79 Å². The quantitative estimate of drug-likeness (QED) is 0.833. The summed E-state index contributed by atoms with van der Waals surface area (Å²) in [6.07, 6.45) is 5.61. The average molecular weight is 320 g/mol. The van der Waals surface area contributed by atoms with E-state index in [9.17, 15) is 4.79 Å².